The molecule has 0 aliphatic heterocycles. The van der Waals surface area contributed by atoms with Crippen LogP contribution in [0.3, 0.4) is 0 Å². The molecule has 4 rings (SSSR count). The van der Waals surface area contributed by atoms with Crippen molar-refractivity contribution in [2.75, 3.05) is 23.5 Å². The van der Waals surface area contributed by atoms with Crippen LogP contribution in [0.5, 0.6) is 5.75 Å². The molecule has 0 heterocycles. The molecule has 9 nitrogen and oxygen atoms in total. The van der Waals surface area contributed by atoms with Gasteiger partial charge in [-0.15, -0.1) is 11.8 Å². The fraction of sp³-hybridized carbons (Fsp3) is 0.0625. The molecule has 0 unspecified atom stereocenters. The number of hydrogen-bond acceptors (Lipinski definition) is 6. The highest BCUT2D eigenvalue weighted by molar-refractivity contribution is 8.00. The molecule has 42 heavy (non-hydrogen) atoms. The Morgan fingerprint density at radius 3 is 2.17 bits per heavy atom. The van der Waals surface area contributed by atoms with Crippen molar-refractivity contribution in [2.24, 2.45) is 5.73 Å². The molecule has 4 amide bonds. The quantitative estimate of drug-likeness (QED) is 0.146. The van der Waals surface area contributed by atoms with Crippen molar-refractivity contribution >= 4 is 52.8 Å². The largest absolute Gasteiger partial charge is 0.497 e. The number of benzene rings is 4. The number of nitrogens with one attached hydrogen (secondary N) is 3. The fourth-order valence-electron chi connectivity index (χ4n) is 3.74. The highest BCUT2D eigenvalue weighted by atomic mass is 32.2. The molecule has 0 fully saturated rings. The van der Waals surface area contributed by atoms with Crippen molar-refractivity contribution in [1.29, 1.82) is 0 Å². The zero-order chi connectivity index (χ0) is 29.9. The second-order valence-electron chi connectivity index (χ2n) is 8.91. The maximum absolute atomic E-state index is 13.3. The van der Waals surface area contributed by atoms with Gasteiger partial charge in [0.15, 0.2) is 0 Å². The number of carbonyl (C=O) groups is 4. The Hall–Kier alpha value is -5.35. The number of hydrogen-bond donors (Lipinski definition) is 4. The smallest absolute Gasteiger partial charge is 0.272 e. The van der Waals surface area contributed by atoms with Crippen LogP contribution in [0, 0.1) is 0 Å². The number of amides is 4. The second kappa shape index (κ2) is 14.3. The van der Waals surface area contributed by atoms with E-state index in [0.29, 0.717) is 33.8 Å². The van der Waals surface area contributed by atoms with Crippen LogP contribution in [-0.2, 0) is 9.59 Å². The number of nitrogens with two attached hydrogens (primary N) is 1. The molecule has 212 valence electrons. The lowest BCUT2D eigenvalue weighted by Gasteiger charge is -2.12. The van der Waals surface area contributed by atoms with Gasteiger partial charge in [-0.2, -0.15) is 0 Å². The van der Waals surface area contributed by atoms with Crippen LogP contribution < -0.4 is 26.4 Å². The molecule has 0 saturated carbocycles. The molecule has 5 N–H and O–H groups in total. The molecule has 0 radical (unpaired) electrons. The van der Waals surface area contributed by atoms with Crippen molar-refractivity contribution in [1.82, 2.24) is 5.32 Å². The molecule has 0 atom stereocenters. The van der Waals surface area contributed by atoms with Crippen molar-refractivity contribution in [2.45, 2.75) is 4.90 Å². The average Bonchev–Trinajstić information content (AvgIpc) is 3.01. The molecule has 4 aromatic rings. The fourth-order valence-corrected chi connectivity index (χ4v) is 4.49. The van der Waals surface area contributed by atoms with E-state index in [1.807, 2.05) is 6.07 Å². The van der Waals surface area contributed by atoms with Gasteiger partial charge in [-0.1, -0.05) is 36.4 Å². The topological polar surface area (TPSA) is 140 Å². The molecule has 0 aromatic heterocycles. The molecule has 0 aliphatic carbocycles. The van der Waals surface area contributed by atoms with Crippen molar-refractivity contribution in [3.63, 3.8) is 0 Å². The summed E-state index contributed by atoms with van der Waals surface area (Å²) in [5.74, 6) is -0.952. The zero-order valence-electron chi connectivity index (χ0n) is 22.6. The van der Waals surface area contributed by atoms with Gasteiger partial charge >= 0.3 is 0 Å². The first-order valence-electron chi connectivity index (χ1n) is 12.8. The van der Waals surface area contributed by atoms with E-state index in [-0.39, 0.29) is 17.4 Å². The Morgan fingerprint density at radius 1 is 0.786 bits per heavy atom. The van der Waals surface area contributed by atoms with E-state index >= 15 is 0 Å². The van der Waals surface area contributed by atoms with Crippen LogP contribution in [0.15, 0.2) is 114 Å². The highest BCUT2D eigenvalue weighted by Gasteiger charge is 2.16. The van der Waals surface area contributed by atoms with Crippen LogP contribution in [0.4, 0.5) is 11.4 Å². The summed E-state index contributed by atoms with van der Waals surface area (Å²) in [4.78, 5) is 50.6. The van der Waals surface area contributed by atoms with E-state index in [2.05, 4.69) is 16.0 Å². The van der Waals surface area contributed by atoms with E-state index in [4.69, 9.17) is 10.5 Å². The summed E-state index contributed by atoms with van der Waals surface area (Å²) in [5.41, 5.74) is 7.77. The Morgan fingerprint density at radius 2 is 1.50 bits per heavy atom. The van der Waals surface area contributed by atoms with Gasteiger partial charge in [0, 0.05) is 27.4 Å². The summed E-state index contributed by atoms with van der Waals surface area (Å²) in [7, 11) is 1.56. The van der Waals surface area contributed by atoms with Crippen molar-refractivity contribution in [3.8, 4) is 5.75 Å². The first-order valence-corrected chi connectivity index (χ1v) is 13.8. The molecule has 0 aliphatic rings. The first-order chi connectivity index (χ1) is 20.3. The lowest BCUT2D eigenvalue weighted by Crippen LogP contribution is -2.30. The van der Waals surface area contributed by atoms with Gasteiger partial charge in [-0.3, -0.25) is 19.2 Å². The van der Waals surface area contributed by atoms with Gasteiger partial charge in [-0.25, -0.2) is 0 Å². The van der Waals surface area contributed by atoms with Gasteiger partial charge in [0.1, 0.15) is 11.4 Å². The van der Waals surface area contributed by atoms with E-state index in [1.165, 1.54) is 23.9 Å². The highest BCUT2D eigenvalue weighted by Crippen LogP contribution is 2.23. The molecule has 4 aromatic carbocycles. The standard InChI is InChI=1S/C32H28N4O5S/c1-41-26-16-10-21(11-17-26)18-28(36-31(39)23-6-3-2-4-7-23)32(40)35-25-8-5-9-27(19-25)42-20-29(37)34-24-14-12-22(13-15-24)30(33)38/h2-19H,20H2,1H3,(H2,33,38)(H,34,37)(H,35,40)(H,36,39)/b28-18+. The normalized spacial score (nSPS) is 10.8. The number of anilines is 2. The zero-order valence-corrected chi connectivity index (χ0v) is 23.4. The molecule has 0 bridgehead atoms. The SMILES string of the molecule is COc1ccc(/C=C(/NC(=O)c2ccccc2)C(=O)Nc2cccc(SCC(=O)Nc3ccc(C(N)=O)cc3)c2)cc1. The summed E-state index contributed by atoms with van der Waals surface area (Å²) in [6.07, 6.45) is 1.58. The van der Waals surface area contributed by atoms with Crippen LogP contribution in [0.25, 0.3) is 6.08 Å². The Labute approximate surface area is 247 Å². The maximum Gasteiger partial charge on any atom is 0.272 e. The molecule has 0 saturated heterocycles. The summed E-state index contributed by atoms with van der Waals surface area (Å²) >= 11 is 1.29. The third kappa shape index (κ3) is 8.57. The minimum Gasteiger partial charge on any atom is -0.497 e. The lowest BCUT2D eigenvalue weighted by atomic mass is 10.1. The lowest BCUT2D eigenvalue weighted by molar-refractivity contribution is -0.114. The third-order valence-electron chi connectivity index (χ3n) is 5.87. The molecular weight excluding hydrogens is 552 g/mol. The van der Waals surface area contributed by atoms with Gasteiger partial charge in [0.25, 0.3) is 11.8 Å². The molecular formula is C32H28N4O5S. The number of carbonyl (C=O) groups excluding carboxylic acids is 4. The van der Waals surface area contributed by atoms with E-state index in [9.17, 15) is 19.2 Å². The summed E-state index contributed by atoms with van der Waals surface area (Å²) in [5, 5.41) is 8.30. The average molecular weight is 581 g/mol. The van der Waals surface area contributed by atoms with Crippen molar-refractivity contribution < 1.29 is 23.9 Å². The predicted octanol–water partition coefficient (Wildman–Crippen LogP) is 4.93. The second-order valence-corrected chi connectivity index (χ2v) is 9.96. The monoisotopic (exact) mass is 580 g/mol. The Balaban J connectivity index is 1.43. The number of primary amides is 1. The minimum absolute atomic E-state index is 0.0498. The number of rotatable bonds is 11. The van der Waals surface area contributed by atoms with Crippen LogP contribution in [0.1, 0.15) is 26.3 Å². The van der Waals surface area contributed by atoms with E-state index in [0.717, 1.165) is 4.90 Å². The Bertz CT molecular complexity index is 1600. The van der Waals surface area contributed by atoms with Gasteiger partial charge in [0.2, 0.25) is 11.8 Å². The summed E-state index contributed by atoms with van der Waals surface area (Å²) in [6, 6.07) is 29.0. The third-order valence-corrected chi connectivity index (χ3v) is 6.86. The van der Waals surface area contributed by atoms with Crippen LogP contribution in [-0.4, -0.2) is 36.5 Å². The summed E-state index contributed by atoms with van der Waals surface area (Å²) in [6.45, 7) is 0. The number of thioether (sulfide) groups is 1. The van der Waals surface area contributed by atoms with Gasteiger partial charge < -0.3 is 26.4 Å². The first kappa shape index (κ1) is 29.6. The van der Waals surface area contributed by atoms with Gasteiger partial charge in [0.05, 0.1) is 12.9 Å². The predicted molar refractivity (Wildman–Crippen MR) is 164 cm³/mol. The van der Waals surface area contributed by atoms with Gasteiger partial charge in [-0.05, 0) is 78.4 Å². The van der Waals surface area contributed by atoms with Crippen molar-refractivity contribution in [3.05, 3.63) is 126 Å². The number of ether oxygens (including phenoxy) is 1. The van der Waals surface area contributed by atoms with E-state index in [1.54, 1.807) is 98.1 Å². The van der Waals surface area contributed by atoms with Crippen LogP contribution in [0.2, 0.25) is 0 Å². The molecule has 10 heteroatoms. The van der Waals surface area contributed by atoms with Crippen LogP contribution >= 0.6 is 11.8 Å². The maximum atomic E-state index is 13.3. The minimum atomic E-state index is -0.544. The summed E-state index contributed by atoms with van der Waals surface area (Å²) < 4.78 is 5.20. The Kier molecular flexibility index (Phi) is 10.1. The number of methoxy groups -OCH3 is 1. The van der Waals surface area contributed by atoms with E-state index < -0.39 is 17.7 Å². The molecule has 0 spiro atoms.